The number of para-hydroxylation sites is 1. The van der Waals surface area contributed by atoms with E-state index in [0.717, 1.165) is 24.1 Å². The van der Waals surface area contributed by atoms with Crippen molar-refractivity contribution in [2.75, 3.05) is 19.6 Å². The molecule has 2 aromatic rings. The Balaban J connectivity index is 1.45. The first kappa shape index (κ1) is 18.3. The summed E-state index contributed by atoms with van der Waals surface area (Å²) in [5.41, 5.74) is 3.55. The first-order valence-electron chi connectivity index (χ1n) is 9.42. The first-order chi connectivity index (χ1) is 12.5. The Labute approximate surface area is 154 Å². The molecule has 1 aliphatic rings. The molecule has 0 fully saturated rings. The number of carbonyl (C=O) groups is 2. The average molecular weight is 356 g/mol. The number of rotatable bonds is 6. The highest BCUT2D eigenvalue weighted by Gasteiger charge is 2.23. The number of hydrogen-bond acceptors (Lipinski definition) is 2. The van der Waals surface area contributed by atoms with Crippen molar-refractivity contribution in [3.63, 3.8) is 0 Å². The summed E-state index contributed by atoms with van der Waals surface area (Å²) < 4.78 is 0. The lowest BCUT2D eigenvalue weighted by molar-refractivity contribution is -0.120. The van der Waals surface area contributed by atoms with Crippen LogP contribution in [0.2, 0.25) is 0 Å². The van der Waals surface area contributed by atoms with E-state index in [0.29, 0.717) is 38.5 Å². The number of carbonyl (C=O) groups excluding carboxylic acids is 2. The van der Waals surface area contributed by atoms with Gasteiger partial charge in [0.1, 0.15) is 0 Å². The molecule has 0 radical (unpaired) electrons. The number of benzene rings is 1. The standard InChI is InChI=1S/C20H28N4O2/c1-14(2)7-10-21-19(25)8-11-22-20(26)24-12-9-16-15-5-3-4-6-17(15)23-18(16)13-24/h3-6,14,23H,7-13H2,1-2H3,(H,21,25)(H,22,26). The second-order valence-corrected chi connectivity index (χ2v) is 7.31. The zero-order valence-corrected chi connectivity index (χ0v) is 15.6. The third-order valence-electron chi connectivity index (χ3n) is 4.84. The van der Waals surface area contributed by atoms with Crippen LogP contribution in [-0.4, -0.2) is 41.5 Å². The van der Waals surface area contributed by atoms with Crippen LogP contribution in [-0.2, 0) is 17.8 Å². The molecule has 0 bridgehead atoms. The first-order valence-corrected chi connectivity index (χ1v) is 9.42. The number of nitrogens with zero attached hydrogens (tertiary/aromatic N) is 1. The lowest BCUT2D eigenvalue weighted by atomic mass is 10.0. The molecule has 6 nitrogen and oxygen atoms in total. The molecule has 2 heterocycles. The van der Waals surface area contributed by atoms with Gasteiger partial charge in [-0.25, -0.2) is 4.79 Å². The van der Waals surface area contributed by atoms with Gasteiger partial charge >= 0.3 is 6.03 Å². The molecular formula is C20H28N4O2. The molecule has 1 aromatic heterocycles. The Bertz CT molecular complexity index is 781. The zero-order chi connectivity index (χ0) is 18.5. The maximum absolute atomic E-state index is 12.4. The summed E-state index contributed by atoms with van der Waals surface area (Å²) in [7, 11) is 0. The molecule has 0 saturated heterocycles. The van der Waals surface area contributed by atoms with Crippen LogP contribution >= 0.6 is 0 Å². The molecule has 3 N–H and O–H groups in total. The summed E-state index contributed by atoms with van der Waals surface area (Å²) in [5.74, 6) is 0.561. The van der Waals surface area contributed by atoms with E-state index in [2.05, 4.69) is 41.6 Å². The molecule has 1 aromatic carbocycles. The highest BCUT2D eigenvalue weighted by atomic mass is 16.2. The van der Waals surface area contributed by atoms with Gasteiger partial charge in [0.05, 0.1) is 6.54 Å². The summed E-state index contributed by atoms with van der Waals surface area (Å²) in [4.78, 5) is 29.4. The van der Waals surface area contributed by atoms with Crippen molar-refractivity contribution in [2.24, 2.45) is 5.92 Å². The summed E-state index contributed by atoms with van der Waals surface area (Å²) >= 11 is 0. The summed E-state index contributed by atoms with van der Waals surface area (Å²) in [6.45, 7) is 6.59. The van der Waals surface area contributed by atoms with Crippen molar-refractivity contribution >= 4 is 22.8 Å². The van der Waals surface area contributed by atoms with E-state index in [1.54, 1.807) is 4.90 Å². The fourth-order valence-electron chi connectivity index (χ4n) is 3.35. The highest BCUT2D eigenvalue weighted by Crippen LogP contribution is 2.27. The third kappa shape index (κ3) is 4.36. The Morgan fingerprint density at radius 3 is 2.81 bits per heavy atom. The Hall–Kier alpha value is -2.50. The molecule has 6 heteroatoms. The molecule has 1 aliphatic heterocycles. The van der Waals surface area contributed by atoms with Crippen LogP contribution in [0, 0.1) is 5.92 Å². The van der Waals surface area contributed by atoms with E-state index in [1.807, 2.05) is 12.1 Å². The maximum atomic E-state index is 12.4. The van der Waals surface area contributed by atoms with Gasteiger partial charge in [0.15, 0.2) is 0 Å². The average Bonchev–Trinajstić information content (AvgIpc) is 2.99. The molecule has 26 heavy (non-hydrogen) atoms. The molecule has 0 saturated carbocycles. The smallest absolute Gasteiger partial charge is 0.317 e. The summed E-state index contributed by atoms with van der Waals surface area (Å²) in [6, 6.07) is 8.14. The molecule has 0 unspecified atom stereocenters. The molecule has 140 valence electrons. The number of aromatic amines is 1. The van der Waals surface area contributed by atoms with Crippen LogP contribution < -0.4 is 10.6 Å². The van der Waals surface area contributed by atoms with E-state index in [4.69, 9.17) is 0 Å². The quantitative estimate of drug-likeness (QED) is 0.744. The minimum Gasteiger partial charge on any atom is -0.357 e. The number of amides is 3. The predicted octanol–water partition coefficient (Wildman–Crippen LogP) is 2.79. The lowest BCUT2D eigenvalue weighted by Gasteiger charge is -2.27. The highest BCUT2D eigenvalue weighted by molar-refractivity contribution is 5.85. The minimum absolute atomic E-state index is 0.0116. The third-order valence-corrected chi connectivity index (χ3v) is 4.84. The van der Waals surface area contributed by atoms with E-state index >= 15 is 0 Å². The number of urea groups is 1. The van der Waals surface area contributed by atoms with Gasteiger partial charge in [-0.1, -0.05) is 32.0 Å². The number of H-pyrrole nitrogens is 1. The summed E-state index contributed by atoms with van der Waals surface area (Å²) in [5, 5.41) is 7.00. The van der Waals surface area contributed by atoms with Crippen molar-refractivity contribution in [2.45, 2.75) is 39.7 Å². The minimum atomic E-state index is -0.107. The van der Waals surface area contributed by atoms with E-state index in [-0.39, 0.29) is 11.9 Å². The van der Waals surface area contributed by atoms with Crippen LogP contribution in [0.5, 0.6) is 0 Å². The molecule has 3 rings (SSSR count). The fourth-order valence-corrected chi connectivity index (χ4v) is 3.35. The number of nitrogens with one attached hydrogen (secondary N) is 3. The second kappa shape index (κ2) is 8.25. The molecule has 0 atom stereocenters. The lowest BCUT2D eigenvalue weighted by Crippen LogP contribution is -2.43. The Morgan fingerprint density at radius 1 is 1.19 bits per heavy atom. The van der Waals surface area contributed by atoms with Crippen LogP contribution in [0.4, 0.5) is 4.79 Å². The maximum Gasteiger partial charge on any atom is 0.317 e. The Kier molecular flexibility index (Phi) is 5.81. The number of hydrogen-bond donors (Lipinski definition) is 3. The van der Waals surface area contributed by atoms with Gasteiger partial charge in [-0.2, -0.15) is 0 Å². The van der Waals surface area contributed by atoms with Gasteiger partial charge in [0.2, 0.25) is 5.91 Å². The van der Waals surface area contributed by atoms with Gasteiger partial charge in [-0.3, -0.25) is 4.79 Å². The largest absolute Gasteiger partial charge is 0.357 e. The normalized spacial score (nSPS) is 13.7. The van der Waals surface area contributed by atoms with Crippen LogP contribution in [0.3, 0.4) is 0 Å². The topological polar surface area (TPSA) is 77.2 Å². The molecule has 0 spiro atoms. The number of fused-ring (bicyclic) bond motifs is 3. The predicted molar refractivity (Wildman–Crippen MR) is 103 cm³/mol. The Morgan fingerprint density at radius 2 is 2.00 bits per heavy atom. The monoisotopic (exact) mass is 356 g/mol. The SMILES string of the molecule is CC(C)CCNC(=O)CCNC(=O)N1CCc2c([nH]c3ccccc23)C1. The second-order valence-electron chi connectivity index (χ2n) is 7.31. The zero-order valence-electron chi connectivity index (χ0n) is 15.6. The molecular weight excluding hydrogens is 328 g/mol. The van der Waals surface area contributed by atoms with Gasteiger partial charge < -0.3 is 20.5 Å². The van der Waals surface area contributed by atoms with E-state index in [1.165, 1.54) is 10.9 Å². The van der Waals surface area contributed by atoms with Gasteiger partial charge in [0.25, 0.3) is 0 Å². The van der Waals surface area contributed by atoms with Crippen LogP contribution in [0.15, 0.2) is 24.3 Å². The molecule has 0 aliphatic carbocycles. The van der Waals surface area contributed by atoms with E-state index < -0.39 is 0 Å². The van der Waals surface area contributed by atoms with Crippen molar-refractivity contribution in [3.05, 3.63) is 35.5 Å². The van der Waals surface area contributed by atoms with E-state index in [9.17, 15) is 9.59 Å². The van der Waals surface area contributed by atoms with Crippen molar-refractivity contribution in [1.82, 2.24) is 20.5 Å². The van der Waals surface area contributed by atoms with Gasteiger partial charge in [-0.05, 0) is 30.4 Å². The number of aromatic nitrogens is 1. The molecule has 3 amide bonds. The summed E-state index contributed by atoms with van der Waals surface area (Å²) in [6.07, 6.45) is 2.14. The van der Waals surface area contributed by atoms with Crippen LogP contribution in [0.25, 0.3) is 10.9 Å². The van der Waals surface area contributed by atoms with Crippen molar-refractivity contribution in [3.8, 4) is 0 Å². The fraction of sp³-hybridized carbons (Fsp3) is 0.500. The van der Waals surface area contributed by atoms with Gasteiger partial charge in [-0.15, -0.1) is 0 Å². The van der Waals surface area contributed by atoms with Gasteiger partial charge in [0, 0.05) is 42.7 Å². The van der Waals surface area contributed by atoms with Crippen molar-refractivity contribution < 1.29 is 9.59 Å². The van der Waals surface area contributed by atoms with Crippen molar-refractivity contribution in [1.29, 1.82) is 0 Å². The van der Waals surface area contributed by atoms with Crippen LogP contribution in [0.1, 0.15) is 37.9 Å².